The van der Waals surface area contributed by atoms with Gasteiger partial charge in [-0.2, -0.15) is 0 Å². The number of methoxy groups -OCH3 is 1. The smallest absolute Gasteiger partial charge is 0.182 e. The van der Waals surface area contributed by atoms with Crippen LogP contribution in [-0.4, -0.2) is 28.2 Å². The number of hydrogen-bond acceptors (Lipinski definition) is 4. The lowest BCUT2D eigenvalue weighted by Gasteiger charge is -2.02. The fourth-order valence-corrected chi connectivity index (χ4v) is 2.26. The number of carbonyl (C=O) groups is 1. The summed E-state index contributed by atoms with van der Waals surface area (Å²) in [6.07, 6.45) is 2.40. The maximum Gasteiger partial charge on any atom is 0.182 e. The number of hydrogen-bond donors (Lipinski definition) is 0. The molecule has 0 unspecified atom stereocenters. The lowest BCUT2D eigenvalue weighted by atomic mass is 10.1. The van der Waals surface area contributed by atoms with Crippen LogP contribution in [0.3, 0.4) is 0 Å². The monoisotopic (exact) mass is 305 g/mol. The summed E-state index contributed by atoms with van der Waals surface area (Å²) < 4.78 is 6.78. The van der Waals surface area contributed by atoms with Crippen molar-refractivity contribution in [3.63, 3.8) is 0 Å². The van der Waals surface area contributed by atoms with Gasteiger partial charge in [-0.1, -0.05) is 24.8 Å². The summed E-state index contributed by atoms with van der Waals surface area (Å²) >= 11 is 0. The number of aromatic nitrogens is 3. The summed E-state index contributed by atoms with van der Waals surface area (Å²) in [5, 5.41) is 4.43. The molecule has 0 saturated heterocycles. The van der Waals surface area contributed by atoms with Crippen molar-refractivity contribution in [1.82, 2.24) is 14.8 Å². The number of ether oxygens (including phenoxy) is 1. The number of benzene rings is 2. The maximum atomic E-state index is 10.9. The van der Waals surface area contributed by atoms with E-state index in [1.165, 1.54) is 0 Å². The molecule has 2 aromatic carbocycles. The van der Waals surface area contributed by atoms with Crippen LogP contribution in [0.2, 0.25) is 0 Å². The number of carbonyl (C=O) groups excluding carboxylic acids is 1. The molecule has 0 saturated carbocycles. The molecule has 5 heteroatoms. The van der Waals surface area contributed by atoms with Gasteiger partial charge in [-0.05, 0) is 30.3 Å². The largest absolute Gasteiger partial charge is 0.497 e. The van der Waals surface area contributed by atoms with E-state index in [4.69, 9.17) is 4.74 Å². The molecule has 0 aliphatic rings. The zero-order valence-corrected chi connectivity index (χ0v) is 12.6. The van der Waals surface area contributed by atoms with Crippen molar-refractivity contribution in [2.45, 2.75) is 0 Å². The molecular formula is C18H15N3O2. The van der Waals surface area contributed by atoms with Crippen molar-refractivity contribution in [1.29, 1.82) is 0 Å². The van der Waals surface area contributed by atoms with Crippen molar-refractivity contribution in [2.75, 3.05) is 7.11 Å². The second kappa shape index (κ2) is 6.27. The fourth-order valence-electron chi connectivity index (χ4n) is 2.26. The van der Waals surface area contributed by atoms with Gasteiger partial charge in [0.15, 0.2) is 11.6 Å². The van der Waals surface area contributed by atoms with Gasteiger partial charge in [-0.15, -0.1) is 5.10 Å². The molecule has 0 N–H and O–H groups in total. The minimum Gasteiger partial charge on any atom is -0.497 e. The van der Waals surface area contributed by atoms with E-state index in [1.54, 1.807) is 36.2 Å². The Hall–Kier alpha value is -3.21. The van der Waals surface area contributed by atoms with Crippen LogP contribution in [0.4, 0.5) is 0 Å². The zero-order chi connectivity index (χ0) is 16.2. The van der Waals surface area contributed by atoms with E-state index >= 15 is 0 Å². The number of rotatable bonds is 5. The average Bonchev–Trinajstić information content (AvgIpc) is 3.06. The summed E-state index contributed by atoms with van der Waals surface area (Å²) in [6, 6.07) is 14.7. The molecular weight excluding hydrogens is 290 g/mol. The Kier molecular flexibility index (Phi) is 4.01. The molecule has 5 nitrogen and oxygen atoms in total. The third kappa shape index (κ3) is 2.89. The van der Waals surface area contributed by atoms with Crippen LogP contribution in [0.15, 0.2) is 55.1 Å². The molecule has 0 spiro atoms. The third-order valence-corrected chi connectivity index (χ3v) is 3.43. The minimum atomic E-state index is 0.541. The first-order valence-electron chi connectivity index (χ1n) is 7.04. The molecule has 114 valence electrons. The first-order valence-corrected chi connectivity index (χ1v) is 7.04. The van der Waals surface area contributed by atoms with Gasteiger partial charge in [0.25, 0.3) is 0 Å². The molecule has 3 aromatic rings. The Balaban J connectivity index is 2.06. The molecule has 0 amide bonds. The highest BCUT2D eigenvalue weighted by Crippen LogP contribution is 2.24. The van der Waals surface area contributed by atoms with Gasteiger partial charge < -0.3 is 4.74 Å². The summed E-state index contributed by atoms with van der Waals surface area (Å²) in [5.41, 5.74) is 2.27. The van der Waals surface area contributed by atoms with Crippen LogP contribution in [0.5, 0.6) is 5.75 Å². The zero-order valence-electron chi connectivity index (χ0n) is 12.6. The summed E-state index contributed by atoms with van der Waals surface area (Å²) in [5.74, 6) is 1.99. The van der Waals surface area contributed by atoms with Crippen LogP contribution in [0.1, 0.15) is 10.4 Å². The summed E-state index contributed by atoms with van der Waals surface area (Å²) in [6.45, 7) is 3.77. The number of nitrogens with zero attached hydrogens (tertiary/aromatic N) is 3. The van der Waals surface area contributed by atoms with Crippen molar-refractivity contribution < 1.29 is 9.53 Å². The van der Waals surface area contributed by atoms with Crippen LogP contribution in [-0.2, 0) is 0 Å². The van der Waals surface area contributed by atoms with Crippen molar-refractivity contribution in [3.05, 3.63) is 60.7 Å². The highest BCUT2D eigenvalue weighted by molar-refractivity contribution is 5.78. The van der Waals surface area contributed by atoms with Gasteiger partial charge in [0, 0.05) is 22.9 Å². The van der Waals surface area contributed by atoms with Crippen LogP contribution < -0.4 is 4.74 Å². The van der Waals surface area contributed by atoms with Gasteiger partial charge in [-0.3, -0.25) is 4.79 Å². The molecule has 0 aliphatic heterocycles. The molecule has 1 heterocycles. The third-order valence-electron chi connectivity index (χ3n) is 3.43. The Morgan fingerprint density at radius 2 is 1.91 bits per heavy atom. The van der Waals surface area contributed by atoms with E-state index < -0.39 is 0 Å². The molecule has 0 fully saturated rings. The molecule has 0 radical (unpaired) electrons. The Morgan fingerprint density at radius 1 is 1.13 bits per heavy atom. The molecule has 3 rings (SSSR count). The first-order chi connectivity index (χ1) is 11.2. The molecule has 0 atom stereocenters. The molecule has 1 aromatic heterocycles. The first kappa shape index (κ1) is 14.7. The van der Waals surface area contributed by atoms with Crippen LogP contribution in [0.25, 0.3) is 29.0 Å². The van der Waals surface area contributed by atoms with Crippen molar-refractivity contribution in [2.24, 2.45) is 0 Å². The minimum absolute atomic E-state index is 0.541. The van der Waals surface area contributed by atoms with Gasteiger partial charge in [-0.25, -0.2) is 9.67 Å². The summed E-state index contributed by atoms with van der Waals surface area (Å²) in [7, 11) is 1.62. The quantitative estimate of drug-likeness (QED) is 0.677. The highest BCUT2D eigenvalue weighted by Gasteiger charge is 2.12. The van der Waals surface area contributed by atoms with E-state index in [0.29, 0.717) is 17.2 Å². The van der Waals surface area contributed by atoms with Gasteiger partial charge in [0.05, 0.1) is 7.11 Å². The molecule has 23 heavy (non-hydrogen) atoms. The second-order valence-electron chi connectivity index (χ2n) is 4.86. The Morgan fingerprint density at radius 3 is 2.57 bits per heavy atom. The van der Waals surface area contributed by atoms with Crippen molar-refractivity contribution >= 4 is 12.5 Å². The topological polar surface area (TPSA) is 57.0 Å². The van der Waals surface area contributed by atoms with E-state index in [1.807, 2.05) is 30.3 Å². The van der Waals surface area contributed by atoms with Crippen LogP contribution in [0, 0.1) is 0 Å². The van der Waals surface area contributed by atoms with Gasteiger partial charge >= 0.3 is 0 Å². The van der Waals surface area contributed by atoms with E-state index in [-0.39, 0.29) is 0 Å². The molecule has 0 aliphatic carbocycles. The Labute approximate surface area is 133 Å². The average molecular weight is 305 g/mol. The normalized spacial score (nSPS) is 10.3. The maximum absolute atomic E-state index is 10.9. The standard InChI is InChI=1S/C18H15N3O2/c1-3-21-18(14-7-9-16(23-2)10-8-14)19-17(20-21)15-6-4-5-13(11-15)12-22/h3-12H,1H2,2H3. The summed E-state index contributed by atoms with van der Waals surface area (Å²) in [4.78, 5) is 15.5. The predicted molar refractivity (Wildman–Crippen MR) is 89.2 cm³/mol. The van der Waals surface area contributed by atoms with Crippen molar-refractivity contribution in [3.8, 4) is 28.5 Å². The highest BCUT2D eigenvalue weighted by atomic mass is 16.5. The van der Waals surface area contributed by atoms with E-state index in [0.717, 1.165) is 23.2 Å². The second-order valence-corrected chi connectivity index (χ2v) is 4.86. The lowest BCUT2D eigenvalue weighted by molar-refractivity contribution is 0.112. The SMILES string of the molecule is C=Cn1nc(-c2cccc(C=O)c2)nc1-c1ccc(OC)cc1. The predicted octanol–water partition coefficient (Wildman–Crippen LogP) is 3.53. The van der Waals surface area contributed by atoms with Crippen LogP contribution >= 0.6 is 0 Å². The van der Waals surface area contributed by atoms with E-state index in [9.17, 15) is 4.79 Å². The fraction of sp³-hybridized carbons (Fsp3) is 0.0556. The lowest BCUT2D eigenvalue weighted by Crippen LogP contribution is -1.93. The van der Waals surface area contributed by atoms with Gasteiger partial charge in [0.1, 0.15) is 12.0 Å². The van der Waals surface area contributed by atoms with E-state index in [2.05, 4.69) is 16.7 Å². The number of aldehydes is 1. The Bertz CT molecular complexity index is 851. The van der Waals surface area contributed by atoms with Gasteiger partial charge in [0.2, 0.25) is 0 Å². The molecule has 0 bridgehead atoms.